The van der Waals surface area contributed by atoms with Crippen LogP contribution in [0.15, 0.2) is 24.5 Å². The Kier molecular flexibility index (Phi) is 1.55. The van der Waals surface area contributed by atoms with Crippen molar-refractivity contribution >= 4 is 16.9 Å². The Morgan fingerprint density at radius 1 is 1.62 bits per heavy atom. The SMILES string of the molecule is Cn1cc(C(N)=O)c2cccnc21. The molecule has 2 N–H and O–H groups in total. The smallest absolute Gasteiger partial charge is 0.250 e. The minimum absolute atomic E-state index is 0.418. The minimum atomic E-state index is -0.418. The van der Waals surface area contributed by atoms with Crippen LogP contribution in [0.1, 0.15) is 10.4 Å². The van der Waals surface area contributed by atoms with Gasteiger partial charge in [-0.15, -0.1) is 0 Å². The summed E-state index contributed by atoms with van der Waals surface area (Å²) >= 11 is 0. The van der Waals surface area contributed by atoms with E-state index < -0.39 is 5.91 Å². The molecule has 0 saturated heterocycles. The Balaban J connectivity index is 2.85. The van der Waals surface area contributed by atoms with E-state index in [1.54, 1.807) is 23.0 Å². The number of pyridine rings is 1. The van der Waals surface area contributed by atoms with Gasteiger partial charge in [0.05, 0.1) is 5.56 Å². The van der Waals surface area contributed by atoms with Crippen LogP contribution in [0, 0.1) is 0 Å². The van der Waals surface area contributed by atoms with Gasteiger partial charge in [-0.3, -0.25) is 4.79 Å². The van der Waals surface area contributed by atoms with Crippen molar-refractivity contribution in [2.45, 2.75) is 0 Å². The molecule has 2 heterocycles. The highest BCUT2D eigenvalue weighted by Crippen LogP contribution is 2.16. The molecule has 0 spiro atoms. The maximum Gasteiger partial charge on any atom is 0.250 e. The van der Waals surface area contributed by atoms with E-state index in [0.717, 1.165) is 11.0 Å². The van der Waals surface area contributed by atoms with Crippen LogP contribution < -0.4 is 5.73 Å². The third kappa shape index (κ3) is 1.07. The number of fused-ring (bicyclic) bond motifs is 1. The molecule has 2 aromatic rings. The number of aromatic nitrogens is 2. The summed E-state index contributed by atoms with van der Waals surface area (Å²) in [7, 11) is 1.84. The molecule has 0 aliphatic heterocycles. The number of primary amides is 1. The number of nitrogens with zero attached hydrogens (tertiary/aromatic N) is 2. The van der Waals surface area contributed by atoms with Crippen molar-refractivity contribution in [2.75, 3.05) is 0 Å². The van der Waals surface area contributed by atoms with Gasteiger partial charge in [0.15, 0.2) is 0 Å². The zero-order valence-electron chi connectivity index (χ0n) is 7.19. The Labute approximate surface area is 75.0 Å². The lowest BCUT2D eigenvalue weighted by Gasteiger charge is -1.91. The highest BCUT2D eigenvalue weighted by atomic mass is 16.1. The fourth-order valence-electron chi connectivity index (χ4n) is 1.41. The second kappa shape index (κ2) is 2.58. The zero-order chi connectivity index (χ0) is 9.42. The fraction of sp³-hybridized carbons (Fsp3) is 0.111. The van der Waals surface area contributed by atoms with Gasteiger partial charge in [0.25, 0.3) is 5.91 Å². The first-order valence-corrected chi connectivity index (χ1v) is 3.90. The van der Waals surface area contributed by atoms with Crippen LogP contribution >= 0.6 is 0 Å². The molecule has 13 heavy (non-hydrogen) atoms. The molecule has 4 nitrogen and oxygen atoms in total. The lowest BCUT2D eigenvalue weighted by Crippen LogP contribution is -2.09. The number of nitrogens with two attached hydrogens (primary N) is 1. The van der Waals surface area contributed by atoms with Gasteiger partial charge < -0.3 is 10.3 Å². The van der Waals surface area contributed by atoms with Crippen LogP contribution in [0.4, 0.5) is 0 Å². The largest absolute Gasteiger partial charge is 0.366 e. The average molecular weight is 175 g/mol. The standard InChI is InChI=1S/C9H9N3O/c1-12-5-7(8(10)13)6-3-2-4-11-9(6)12/h2-5H,1H3,(H2,10,13). The number of amides is 1. The van der Waals surface area contributed by atoms with Gasteiger partial charge in [-0.1, -0.05) is 0 Å². The molecular weight excluding hydrogens is 166 g/mol. The predicted octanol–water partition coefficient (Wildman–Crippen LogP) is 0.672. The minimum Gasteiger partial charge on any atom is -0.366 e. The van der Waals surface area contributed by atoms with Crippen LogP contribution in [0.2, 0.25) is 0 Å². The van der Waals surface area contributed by atoms with Gasteiger partial charge in [-0.05, 0) is 12.1 Å². The van der Waals surface area contributed by atoms with E-state index in [4.69, 9.17) is 5.73 Å². The van der Waals surface area contributed by atoms with Gasteiger partial charge in [-0.2, -0.15) is 0 Å². The molecule has 0 unspecified atom stereocenters. The first kappa shape index (κ1) is 7.79. The normalized spacial score (nSPS) is 10.5. The molecule has 0 aromatic carbocycles. The first-order valence-electron chi connectivity index (χ1n) is 3.90. The van der Waals surface area contributed by atoms with Crippen molar-refractivity contribution in [3.8, 4) is 0 Å². The van der Waals surface area contributed by atoms with Crippen molar-refractivity contribution in [1.82, 2.24) is 9.55 Å². The number of hydrogen-bond donors (Lipinski definition) is 1. The summed E-state index contributed by atoms with van der Waals surface area (Å²) in [5.74, 6) is -0.418. The average Bonchev–Trinajstić information content (AvgIpc) is 2.45. The maximum absolute atomic E-state index is 11.0. The molecule has 0 radical (unpaired) electrons. The molecule has 0 aliphatic carbocycles. The Hall–Kier alpha value is -1.84. The number of carbonyl (C=O) groups is 1. The molecule has 66 valence electrons. The highest BCUT2D eigenvalue weighted by molar-refractivity contribution is 6.05. The van der Waals surface area contributed by atoms with E-state index in [9.17, 15) is 4.79 Å². The summed E-state index contributed by atoms with van der Waals surface area (Å²) < 4.78 is 1.79. The van der Waals surface area contributed by atoms with Crippen molar-refractivity contribution in [3.05, 3.63) is 30.1 Å². The topological polar surface area (TPSA) is 60.9 Å². The monoisotopic (exact) mass is 175 g/mol. The van der Waals surface area contributed by atoms with E-state index in [1.165, 1.54) is 0 Å². The third-order valence-electron chi connectivity index (χ3n) is 2.00. The Morgan fingerprint density at radius 2 is 2.38 bits per heavy atom. The second-order valence-corrected chi connectivity index (χ2v) is 2.89. The zero-order valence-corrected chi connectivity index (χ0v) is 7.19. The lowest BCUT2D eigenvalue weighted by atomic mass is 10.2. The summed E-state index contributed by atoms with van der Waals surface area (Å²) in [5, 5.41) is 0.803. The summed E-state index contributed by atoms with van der Waals surface area (Å²) in [5.41, 5.74) is 6.51. The molecule has 0 bridgehead atoms. The Morgan fingerprint density at radius 3 is 3.08 bits per heavy atom. The predicted molar refractivity (Wildman–Crippen MR) is 49.2 cm³/mol. The highest BCUT2D eigenvalue weighted by Gasteiger charge is 2.10. The molecule has 0 atom stereocenters. The van der Waals surface area contributed by atoms with E-state index >= 15 is 0 Å². The maximum atomic E-state index is 11.0. The fourth-order valence-corrected chi connectivity index (χ4v) is 1.41. The van der Waals surface area contributed by atoms with Crippen LogP contribution in [0.3, 0.4) is 0 Å². The summed E-state index contributed by atoms with van der Waals surface area (Å²) in [6, 6.07) is 3.62. The van der Waals surface area contributed by atoms with Gasteiger partial charge in [0.2, 0.25) is 0 Å². The van der Waals surface area contributed by atoms with Crippen molar-refractivity contribution in [3.63, 3.8) is 0 Å². The van der Waals surface area contributed by atoms with E-state index in [2.05, 4.69) is 4.98 Å². The first-order chi connectivity index (χ1) is 6.20. The van der Waals surface area contributed by atoms with Crippen LogP contribution in [-0.2, 0) is 7.05 Å². The van der Waals surface area contributed by atoms with Gasteiger partial charge in [0.1, 0.15) is 5.65 Å². The second-order valence-electron chi connectivity index (χ2n) is 2.89. The van der Waals surface area contributed by atoms with Gasteiger partial charge >= 0.3 is 0 Å². The molecule has 0 saturated carbocycles. The van der Waals surface area contributed by atoms with Gasteiger partial charge in [0, 0.05) is 24.8 Å². The van der Waals surface area contributed by atoms with Crippen LogP contribution in [0.25, 0.3) is 11.0 Å². The van der Waals surface area contributed by atoms with Crippen LogP contribution in [-0.4, -0.2) is 15.5 Å². The summed E-state index contributed by atoms with van der Waals surface area (Å²) in [4.78, 5) is 15.1. The molecule has 0 aliphatic rings. The molecule has 4 heteroatoms. The van der Waals surface area contributed by atoms with E-state index in [1.807, 2.05) is 13.1 Å². The number of hydrogen-bond acceptors (Lipinski definition) is 2. The summed E-state index contributed by atoms with van der Waals surface area (Å²) in [6.07, 6.45) is 3.38. The van der Waals surface area contributed by atoms with Crippen LogP contribution in [0.5, 0.6) is 0 Å². The number of aryl methyl sites for hydroxylation is 1. The molecule has 1 amide bonds. The molecule has 2 aromatic heterocycles. The van der Waals surface area contributed by atoms with Crippen molar-refractivity contribution < 1.29 is 4.79 Å². The molecule has 2 rings (SSSR count). The third-order valence-corrected chi connectivity index (χ3v) is 2.00. The summed E-state index contributed by atoms with van der Waals surface area (Å²) in [6.45, 7) is 0. The van der Waals surface area contributed by atoms with Crippen molar-refractivity contribution in [2.24, 2.45) is 12.8 Å². The number of rotatable bonds is 1. The van der Waals surface area contributed by atoms with Crippen molar-refractivity contribution in [1.29, 1.82) is 0 Å². The number of carbonyl (C=O) groups excluding carboxylic acids is 1. The van der Waals surface area contributed by atoms with E-state index in [0.29, 0.717) is 5.56 Å². The Bertz CT molecular complexity index is 473. The van der Waals surface area contributed by atoms with E-state index in [-0.39, 0.29) is 0 Å². The molecular formula is C9H9N3O. The lowest BCUT2D eigenvalue weighted by molar-refractivity contribution is 0.100. The quantitative estimate of drug-likeness (QED) is 0.692. The van der Waals surface area contributed by atoms with Gasteiger partial charge in [-0.25, -0.2) is 4.98 Å². The molecule has 0 fully saturated rings.